The highest BCUT2D eigenvalue weighted by Crippen LogP contribution is 2.29. The predicted molar refractivity (Wildman–Crippen MR) is 66.3 cm³/mol. The molecule has 1 aromatic carbocycles. The van der Waals surface area contributed by atoms with Gasteiger partial charge in [-0.3, -0.25) is 0 Å². The van der Waals surface area contributed by atoms with Gasteiger partial charge in [0.1, 0.15) is 23.9 Å². The number of pyridine rings is 1. The number of benzene rings is 1. The molecule has 2 aromatic rings. The Kier molecular flexibility index (Phi) is 3.88. The van der Waals surface area contributed by atoms with Crippen LogP contribution in [-0.4, -0.2) is 9.91 Å². The Bertz CT molecular complexity index is 649. The molecule has 1 atom stereocenters. The van der Waals surface area contributed by atoms with Crippen LogP contribution < -0.4 is 4.74 Å². The summed E-state index contributed by atoms with van der Waals surface area (Å²) in [6.07, 6.45) is 0.354. The van der Waals surface area contributed by atoms with Crippen LogP contribution in [0.25, 0.3) is 0 Å². The number of rotatable bonds is 4. The van der Waals surface area contributed by atoms with Gasteiger partial charge in [0.2, 0.25) is 5.75 Å². The number of nitro groups is 1. The monoisotopic (exact) mass is 280 g/mol. The van der Waals surface area contributed by atoms with Crippen molar-refractivity contribution in [1.82, 2.24) is 4.98 Å². The summed E-state index contributed by atoms with van der Waals surface area (Å²) in [4.78, 5) is 13.7. The topological polar surface area (TPSA) is 65.3 Å². The summed E-state index contributed by atoms with van der Waals surface area (Å²) < 4.78 is 32.0. The third kappa shape index (κ3) is 2.87. The molecule has 1 unspecified atom stereocenters. The molecule has 0 radical (unpaired) electrons. The number of ether oxygens (including phenoxy) is 1. The van der Waals surface area contributed by atoms with Crippen LogP contribution in [0.2, 0.25) is 0 Å². The third-order valence-corrected chi connectivity index (χ3v) is 2.62. The quantitative estimate of drug-likeness (QED) is 0.636. The van der Waals surface area contributed by atoms with Crippen molar-refractivity contribution in [3.63, 3.8) is 0 Å². The third-order valence-electron chi connectivity index (χ3n) is 2.62. The standard InChI is InChI=1S/C13H10F2N2O3/c1-8(10-7-9(14)4-5-11(10)15)20-12-3-2-6-16-13(12)17(18)19/h2-8H,1H3. The van der Waals surface area contributed by atoms with Crippen molar-refractivity contribution < 1.29 is 18.4 Å². The minimum absolute atomic E-state index is 0.0249. The Morgan fingerprint density at radius 3 is 2.80 bits per heavy atom. The second-order valence-electron chi connectivity index (χ2n) is 4.01. The molecular weight excluding hydrogens is 270 g/mol. The van der Waals surface area contributed by atoms with Gasteiger partial charge in [0.25, 0.3) is 0 Å². The summed E-state index contributed by atoms with van der Waals surface area (Å²) in [6.45, 7) is 1.47. The van der Waals surface area contributed by atoms with Crippen LogP contribution in [0.1, 0.15) is 18.6 Å². The minimum Gasteiger partial charge on any atom is -0.478 e. The first-order valence-corrected chi connectivity index (χ1v) is 5.70. The average Bonchev–Trinajstić information content (AvgIpc) is 2.41. The van der Waals surface area contributed by atoms with Crippen molar-refractivity contribution in [1.29, 1.82) is 0 Å². The summed E-state index contributed by atoms with van der Waals surface area (Å²) in [5.74, 6) is -1.84. The Morgan fingerprint density at radius 2 is 2.10 bits per heavy atom. The van der Waals surface area contributed by atoms with E-state index in [4.69, 9.17) is 4.74 Å². The largest absolute Gasteiger partial charge is 0.478 e. The molecule has 20 heavy (non-hydrogen) atoms. The molecule has 1 heterocycles. The summed E-state index contributed by atoms with van der Waals surface area (Å²) >= 11 is 0. The molecule has 0 spiro atoms. The van der Waals surface area contributed by atoms with Gasteiger partial charge in [-0.2, -0.15) is 0 Å². The van der Waals surface area contributed by atoms with Gasteiger partial charge in [-0.15, -0.1) is 0 Å². The Morgan fingerprint density at radius 1 is 1.35 bits per heavy atom. The maximum Gasteiger partial charge on any atom is 0.406 e. The van der Waals surface area contributed by atoms with Crippen molar-refractivity contribution in [3.05, 3.63) is 63.8 Å². The zero-order valence-corrected chi connectivity index (χ0v) is 10.4. The highest BCUT2D eigenvalue weighted by molar-refractivity contribution is 5.39. The fraction of sp³-hybridized carbons (Fsp3) is 0.154. The van der Waals surface area contributed by atoms with Gasteiger partial charge in [0.05, 0.1) is 0 Å². The number of aromatic nitrogens is 1. The van der Waals surface area contributed by atoms with E-state index in [0.29, 0.717) is 0 Å². The zero-order valence-electron chi connectivity index (χ0n) is 10.4. The lowest BCUT2D eigenvalue weighted by molar-refractivity contribution is -0.390. The summed E-state index contributed by atoms with van der Waals surface area (Å²) in [6, 6.07) is 5.75. The molecule has 0 saturated heterocycles. The summed E-state index contributed by atoms with van der Waals surface area (Å²) in [5.41, 5.74) is -0.0249. The van der Waals surface area contributed by atoms with E-state index in [0.717, 1.165) is 18.2 Å². The fourth-order valence-electron chi connectivity index (χ4n) is 1.69. The highest BCUT2D eigenvalue weighted by Gasteiger charge is 2.20. The summed E-state index contributed by atoms with van der Waals surface area (Å²) in [5, 5.41) is 10.8. The maximum atomic E-state index is 13.6. The van der Waals surface area contributed by atoms with Crippen molar-refractivity contribution in [2.75, 3.05) is 0 Å². The summed E-state index contributed by atoms with van der Waals surface area (Å²) in [7, 11) is 0. The molecule has 5 nitrogen and oxygen atoms in total. The highest BCUT2D eigenvalue weighted by atomic mass is 19.1. The lowest BCUT2D eigenvalue weighted by Crippen LogP contribution is -2.08. The molecule has 0 aliphatic rings. The lowest BCUT2D eigenvalue weighted by atomic mass is 10.1. The molecule has 0 saturated carbocycles. The number of nitrogens with zero attached hydrogens (tertiary/aromatic N) is 2. The van der Waals surface area contributed by atoms with Gasteiger partial charge in [-0.05, 0) is 47.2 Å². The molecule has 7 heteroatoms. The van der Waals surface area contributed by atoms with E-state index >= 15 is 0 Å². The van der Waals surface area contributed by atoms with Gasteiger partial charge in [0, 0.05) is 5.56 Å². The Labute approximate surface area is 113 Å². The maximum absolute atomic E-state index is 13.6. The molecule has 0 N–H and O–H groups in total. The van der Waals surface area contributed by atoms with Gasteiger partial charge in [-0.25, -0.2) is 8.78 Å². The Hall–Kier alpha value is -2.57. The first-order valence-electron chi connectivity index (χ1n) is 5.70. The van der Waals surface area contributed by atoms with Gasteiger partial charge >= 0.3 is 5.82 Å². The molecule has 0 aliphatic heterocycles. The van der Waals surface area contributed by atoms with E-state index in [1.807, 2.05) is 0 Å². The van der Waals surface area contributed by atoms with Crippen LogP contribution in [-0.2, 0) is 0 Å². The first-order chi connectivity index (χ1) is 9.49. The number of hydrogen-bond donors (Lipinski definition) is 0. The van der Waals surface area contributed by atoms with E-state index in [1.165, 1.54) is 25.3 Å². The fourth-order valence-corrected chi connectivity index (χ4v) is 1.69. The molecule has 1 aromatic heterocycles. The molecule has 0 fully saturated rings. The second kappa shape index (κ2) is 5.60. The van der Waals surface area contributed by atoms with Crippen molar-refractivity contribution in [3.8, 4) is 5.75 Å². The molecule has 0 bridgehead atoms. The Balaban J connectivity index is 2.30. The van der Waals surface area contributed by atoms with Crippen LogP contribution >= 0.6 is 0 Å². The average molecular weight is 280 g/mol. The van der Waals surface area contributed by atoms with E-state index in [2.05, 4.69) is 4.98 Å². The molecular formula is C13H10F2N2O3. The SMILES string of the molecule is CC(Oc1cccnc1[N+](=O)[O-])c1cc(F)ccc1F. The van der Waals surface area contributed by atoms with Crippen LogP contribution in [0.3, 0.4) is 0 Å². The second-order valence-corrected chi connectivity index (χ2v) is 4.01. The first kappa shape index (κ1) is 13.9. The van der Waals surface area contributed by atoms with Crippen LogP contribution in [0.4, 0.5) is 14.6 Å². The van der Waals surface area contributed by atoms with Gasteiger partial charge in [-0.1, -0.05) is 0 Å². The van der Waals surface area contributed by atoms with E-state index in [-0.39, 0.29) is 11.3 Å². The number of halogens is 2. The van der Waals surface area contributed by atoms with E-state index in [1.54, 1.807) is 0 Å². The van der Waals surface area contributed by atoms with Gasteiger partial charge < -0.3 is 14.9 Å². The smallest absolute Gasteiger partial charge is 0.406 e. The van der Waals surface area contributed by atoms with Crippen LogP contribution in [0.15, 0.2) is 36.5 Å². The van der Waals surface area contributed by atoms with E-state index in [9.17, 15) is 18.9 Å². The van der Waals surface area contributed by atoms with Crippen LogP contribution in [0, 0.1) is 21.7 Å². The number of hydrogen-bond acceptors (Lipinski definition) is 4. The van der Waals surface area contributed by atoms with Gasteiger partial charge in [0.15, 0.2) is 0 Å². The normalized spacial score (nSPS) is 11.9. The molecule has 2 rings (SSSR count). The van der Waals surface area contributed by atoms with Crippen molar-refractivity contribution >= 4 is 5.82 Å². The molecule has 104 valence electrons. The zero-order chi connectivity index (χ0) is 14.7. The van der Waals surface area contributed by atoms with Crippen molar-refractivity contribution in [2.45, 2.75) is 13.0 Å². The lowest BCUT2D eigenvalue weighted by Gasteiger charge is -2.15. The predicted octanol–water partition coefficient (Wildman–Crippen LogP) is 3.41. The van der Waals surface area contributed by atoms with Crippen LogP contribution in [0.5, 0.6) is 5.75 Å². The molecule has 0 amide bonds. The van der Waals surface area contributed by atoms with E-state index < -0.39 is 28.5 Å². The molecule has 0 aliphatic carbocycles. The minimum atomic E-state index is -0.895. The van der Waals surface area contributed by atoms with Crippen molar-refractivity contribution in [2.24, 2.45) is 0 Å².